The van der Waals surface area contributed by atoms with E-state index in [0.717, 1.165) is 13.0 Å². The lowest BCUT2D eigenvalue weighted by Crippen LogP contribution is -2.25. The smallest absolute Gasteiger partial charge is 0.266 e. The fourth-order valence-corrected chi connectivity index (χ4v) is 1.77. The Morgan fingerprint density at radius 2 is 2.06 bits per heavy atom. The molecule has 8 heteroatoms. The van der Waals surface area contributed by atoms with Gasteiger partial charge in [-0.1, -0.05) is 30.1 Å². The van der Waals surface area contributed by atoms with Gasteiger partial charge in [-0.15, -0.1) is 0 Å². The molecule has 2 rings (SSSR count). The van der Waals surface area contributed by atoms with Gasteiger partial charge in [0.15, 0.2) is 0 Å². The third kappa shape index (κ3) is 2.54. The van der Waals surface area contributed by atoms with Gasteiger partial charge in [-0.05, 0) is 6.42 Å². The summed E-state index contributed by atoms with van der Waals surface area (Å²) in [6, 6.07) is 0. The summed E-state index contributed by atoms with van der Waals surface area (Å²) < 4.78 is 2.95. The van der Waals surface area contributed by atoms with Crippen LogP contribution >= 0.6 is 23.2 Å². The van der Waals surface area contributed by atoms with Crippen LogP contribution in [0.1, 0.15) is 19.2 Å². The minimum atomic E-state index is -0.435. The van der Waals surface area contributed by atoms with Gasteiger partial charge in [0.1, 0.15) is 23.7 Å². The summed E-state index contributed by atoms with van der Waals surface area (Å²) in [4.78, 5) is 15.9. The Morgan fingerprint density at radius 1 is 1.28 bits per heavy atom. The van der Waals surface area contributed by atoms with Gasteiger partial charge in [0, 0.05) is 6.54 Å². The third-order valence-electron chi connectivity index (χ3n) is 2.36. The van der Waals surface area contributed by atoms with Crippen molar-refractivity contribution in [3.63, 3.8) is 0 Å². The molecule has 0 aromatic carbocycles. The molecule has 0 saturated carbocycles. The zero-order valence-corrected chi connectivity index (χ0v) is 11.2. The summed E-state index contributed by atoms with van der Waals surface area (Å²) in [6.45, 7) is 3.00. The zero-order valence-electron chi connectivity index (χ0n) is 9.68. The number of hydrogen-bond donors (Lipinski definition) is 0. The second-order valence-electron chi connectivity index (χ2n) is 3.67. The highest BCUT2D eigenvalue weighted by Gasteiger charge is 2.10. The summed E-state index contributed by atoms with van der Waals surface area (Å²) in [5.41, 5.74) is -0.435. The number of rotatable bonds is 4. The van der Waals surface area contributed by atoms with Crippen LogP contribution in [-0.4, -0.2) is 24.5 Å². The van der Waals surface area contributed by atoms with Crippen molar-refractivity contribution >= 4 is 23.2 Å². The second-order valence-corrected chi connectivity index (χ2v) is 4.45. The Morgan fingerprint density at radius 3 is 2.78 bits per heavy atom. The highest BCUT2D eigenvalue weighted by Crippen LogP contribution is 2.14. The maximum Gasteiger partial charge on any atom is 0.287 e. The number of hydrogen-bond acceptors (Lipinski definition) is 4. The van der Waals surface area contributed by atoms with Crippen LogP contribution in [0.2, 0.25) is 10.0 Å². The largest absolute Gasteiger partial charge is 0.287 e. The van der Waals surface area contributed by atoms with E-state index in [2.05, 4.69) is 15.2 Å². The van der Waals surface area contributed by atoms with Gasteiger partial charge in [-0.25, -0.2) is 14.3 Å². The van der Waals surface area contributed by atoms with E-state index < -0.39 is 5.56 Å². The van der Waals surface area contributed by atoms with Crippen LogP contribution in [0.3, 0.4) is 0 Å². The van der Waals surface area contributed by atoms with Crippen molar-refractivity contribution in [2.45, 2.75) is 26.4 Å². The Bertz CT molecular complexity index is 607. The highest BCUT2D eigenvalue weighted by molar-refractivity contribution is 6.41. The molecular weight excluding hydrogens is 277 g/mol. The molecule has 0 aliphatic heterocycles. The van der Waals surface area contributed by atoms with Gasteiger partial charge < -0.3 is 0 Å². The molecule has 2 aromatic rings. The van der Waals surface area contributed by atoms with E-state index in [9.17, 15) is 4.79 Å². The molecular formula is C10H11Cl2N5O. The Hall–Kier alpha value is -1.40. The molecule has 0 amide bonds. The molecule has 96 valence electrons. The molecule has 0 bridgehead atoms. The van der Waals surface area contributed by atoms with Gasteiger partial charge in [-0.3, -0.25) is 4.79 Å². The first-order valence-corrected chi connectivity index (χ1v) is 6.17. The van der Waals surface area contributed by atoms with E-state index in [1.807, 2.05) is 6.92 Å². The van der Waals surface area contributed by atoms with Crippen molar-refractivity contribution in [1.82, 2.24) is 24.5 Å². The standard InChI is InChI=1S/C10H11Cl2N5O/c1-2-3-16-8(13-6-15-16)5-17-10(18)9(12)7(11)4-14-17/h4,6H,2-3,5H2,1H3. The maximum absolute atomic E-state index is 11.8. The predicted octanol–water partition coefficient (Wildman–Crippen LogP) is 1.60. The monoisotopic (exact) mass is 287 g/mol. The fourth-order valence-electron chi connectivity index (χ4n) is 1.50. The summed E-state index contributed by atoms with van der Waals surface area (Å²) in [6.07, 6.45) is 3.72. The zero-order chi connectivity index (χ0) is 13.1. The van der Waals surface area contributed by atoms with E-state index in [0.29, 0.717) is 5.82 Å². The molecule has 0 aliphatic carbocycles. The van der Waals surface area contributed by atoms with Crippen LogP contribution in [0.15, 0.2) is 17.3 Å². The normalized spacial score (nSPS) is 10.8. The molecule has 0 saturated heterocycles. The average Bonchev–Trinajstić information content (AvgIpc) is 2.78. The molecule has 0 atom stereocenters. The van der Waals surface area contributed by atoms with Gasteiger partial charge in [0.05, 0.1) is 11.2 Å². The highest BCUT2D eigenvalue weighted by atomic mass is 35.5. The summed E-state index contributed by atoms with van der Waals surface area (Å²) in [5, 5.41) is 8.11. The van der Waals surface area contributed by atoms with Crippen molar-refractivity contribution in [2.75, 3.05) is 0 Å². The molecule has 2 aromatic heterocycles. The molecule has 0 N–H and O–H groups in total. The molecule has 0 radical (unpaired) electrons. The van der Waals surface area contributed by atoms with Crippen molar-refractivity contribution in [2.24, 2.45) is 0 Å². The van der Waals surface area contributed by atoms with Crippen LogP contribution in [0.4, 0.5) is 0 Å². The van der Waals surface area contributed by atoms with Crippen molar-refractivity contribution < 1.29 is 0 Å². The van der Waals surface area contributed by atoms with Gasteiger partial charge >= 0.3 is 0 Å². The number of nitrogens with zero attached hydrogens (tertiary/aromatic N) is 5. The number of halogens is 2. The average molecular weight is 288 g/mol. The van der Waals surface area contributed by atoms with Gasteiger partial charge in [-0.2, -0.15) is 10.2 Å². The van der Waals surface area contributed by atoms with E-state index in [4.69, 9.17) is 23.2 Å². The first-order chi connectivity index (χ1) is 8.63. The molecule has 0 fully saturated rings. The Balaban J connectivity index is 2.32. The molecule has 0 spiro atoms. The van der Waals surface area contributed by atoms with E-state index >= 15 is 0 Å². The van der Waals surface area contributed by atoms with Gasteiger partial charge in [0.2, 0.25) is 0 Å². The lowest BCUT2D eigenvalue weighted by Gasteiger charge is -2.06. The fraction of sp³-hybridized carbons (Fsp3) is 0.400. The molecule has 2 heterocycles. The lowest BCUT2D eigenvalue weighted by atomic mass is 10.4. The van der Waals surface area contributed by atoms with Crippen LogP contribution in [0.5, 0.6) is 0 Å². The first kappa shape index (κ1) is 13.0. The molecule has 0 unspecified atom stereocenters. The van der Waals surface area contributed by atoms with Crippen molar-refractivity contribution in [1.29, 1.82) is 0 Å². The maximum atomic E-state index is 11.8. The minimum absolute atomic E-state index is 0.0341. The summed E-state index contributed by atoms with van der Waals surface area (Å²) in [5.74, 6) is 0.657. The van der Waals surface area contributed by atoms with E-state index in [1.165, 1.54) is 17.2 Å². The Labute approximate surface area is 113 Å². The van der Waals surface area contributed by atoms with Crippen LogP contribution in [-0.2, 0) is 13.1 Å². The van der Waals surface area contributed by atoms with Gasteiger partial charge in [0.25, 0.3) is 5.56 Å². The van der Waals surface area contributed by atoms with Crippen LogP contribution in [0, 0.1) is 0 Å². The SMILES string of the molecule is CCCn1ncnc1Cn1ncc(Cl)c(Cl)c1=O. The minimum Gasteiger partial charge on any atom is -0.266 e. The topological polar surface area (TPSA) is 65.6 Å². The molecule has 0 aliphatic rings. The van der Waals surface area contributed by atoms with Crippen molar-refractivity contribution in [3.05, 3.63) is 38.7 Å². The molecule has 18 heavy (non-hydrogen) atoms. The van der Waals surface area contributed by atoms with Crippen molar-refractivity contribution in [3.8, 4) is 0 Å². The van der Waals surface area contributed by atoms with Crippen LogP contribution < -0.4 is 5.56 Å². The third-order valence-corrected chi connectivity index (χ3v) is 3.11. The predicted molar refractivity (Wildman–Crippen MR) is 67.9 cm³/mol. The lowest BCUT2D eigenvalue weighted by molar-refractivity contribution is 0.528. The van der Waals surface area contributed by atoms with E-state index in [1.54, 1.807) is 4.68 Å². The summed E-state index contributed by atoms with van der Waals surface area (Å²) >= 11 is 11.5. The number of aromatic nitrogens is 5. The quantitative estimate of drug-likeness (QED) is 0.857. The second kappa shape index (κ2) is 5.49. The molecule has 6 nitrogen and oxygen atoms in total. The Kier molecular flexibility index (Phi) is 3.98. The number of aryl methyl sites for hydroxylation is 1. The van der Waals surface area contributed by atoms with Crippen LogP contribution in [0.25, 0.3) is 0 Å². The first-order valence-electron chi connectivity index (χ1n) is 5.41. The summed E-state index contributed by atoms with van der Waals surface area (Å²) in [7, 11) is 0. The van der Waals surface area contributed by atoms with E-state index in [-0.39, 0.29) is 16.6 Å².